The first-order valence-corrected chi connectivity index (χ1v) is 7.14. The van der Waals surface area contributed by atoms with Gasteiger partial charge in [0, 0.05) is 18.6 Å². The lowest BCUT2D eigenvalue weighted by molar-refractivity contribution is -0.145. The highest BCUT2D eigenvalue weighted by molar-refractivity contribution is 5.78. The summed E-state index contributed by atoms with van der Waals surface area (Å²) in [6.45, 7) is 9.61. The third-order valence-electron chi connectivity index (χ3n) is 3.82. The van der Waals surface area contributed by atoms with E-state index in [1.807, 2.05) is 13.8 Å². The molecule has 1 aliphatic rings. The molecule has 0 aliphatic carbocycles. The van der Waals surface area contributed by atoms with Crippen LogP contribution in [-0.4, -0.2) is 46.7 Å². The van der Waals surface area contributed by atoms with E-state index in [2.05, 4.69) is 17.1 Å². The number of nitrogens with zero attached hydrogens (tertiary/aromatic N) is 1. The van der Waals surface area contributed by atoms with Gasteiger partial charge >= 0.3 is 5.97 Å². The topological polar surface area (TPSA) is 52.6 Å². The number of likely N-dealkylation sites (tertiary alicyclic amines) is 1. The van der Waals surface area contributed by atoms with E-state index in [1.54, 1.807) is 6.92 Å². The molecule has 4 nitrogen and oxygen atoms in total. The number of hydrogen-bond acceptors (Lipinski definition) is 3. The quantitative estimate of drug-likeness (QED) is 0.764. The van der Waals surface area contributed by atoms with Gasteiger partial charge in [-0.2, -0.15) is 0 Å². The lowest BCUT2D eigenvalue weighted by atomic mass is 9.94. The predicted octanol–water partition coefficient (Wildman–Crippen LogP) is 2.09. The summed E-state index contributed by atoms with van der Waals surface area (Å²) in [7, 11) is 0. The summed E-state index contributed by atoms with van der Waals surface area (Å²) in [5, 5.41) is 12.7. The van der Waals surface area contributed by atoms with Crippen molar-refractivity contribution in [2.75, 3.05) is 13.1 Å². The van der Waals surface area contributed by atoms with E-state index < -0.39 is 11.5 Å². The van der Waals surface area contributed by atoms with Gasteiger partial charge in [0.25, 0.3) is 0 Å². The molecule has 4 heteroatoms. The second-order valence-electron chi connectivity index (χ2n) is 5.96. The van der Waals surface area contributed by atoms with E-state index in [-0.39, 0.29) is 6.04 Å². The Morgan fingerprint density at radius 3 is 2.67 bits per heavy atom. The fourth-order valence-electron chi connectivity index (χ4n) is 2.95. The van der Waals surface area contributed by atoms with E-state index >= 15 is 0 Å². The number of nitrogens with one attached hydrogen (secondary N) is 1. The molecule has 2 atom stereocenters. The third-order valence-corrected chi connectivity index (χ3v) is 3.82. The Morgan fingerprint density at radius 2 is 2.17 bits per heavy atom. The summed E-state index contributed by atoms with van der Waals surface area (Å²) in [5.41, 5.74) is -0.848. The van der Waals surface area contributed by atoms with Gasteiger partial charge in [-0.25, -0.2) is 0 Å². The molecule has 1 rings (SSSR count). The zero-order chi connectivity index (χ0) is 13.8. The lowest BCUT2D eigenvalue weighted by Crippen LogP contribution is -2.60. The summed E-state index contributed by atoms with van der Waals surface area (Å²) < 4.78 is 0. The van der Waals surface area contributed by atoms with Gasteiger partial charge in [-0.1, -0.05) is 13.3 Å². The molecule has 0 aromatic carbocycles. The van der Waals surface area contributed by atoms with Crippen LogP contribution in [0.1, 0.15) is 53.4 Å². The molecule has 2 N–H and O–H groups in total. The Balaban J connectivity index is 2.72. The van der Waals surface area contributed by atoms with E-state index in [9.17, 15) is 9.90 Å². The van der Waals surface area contributed by atoms with E-state index in [0.717, 1.165) is 13.0 Å². The van der Waals surface area contributed by atoms with Crippen LogP contribution in [0.5, 0.6) is 0 Å². The van der Waals surface area contributed by atoms with Crippen LogP contribution in [0.25, 0.3) is 0 Å². The molecule has 0 bridgehead atoms. The summed E-state index contributed by atoms with van der Waals surface area (Å²) in [6.07, 6.45) is 4.77. The zero-order valence-corrected chi connectivity index (χ0v) is 12.2. The maximum Gasteiger partial charge on any atom is 0.324 e. The van der Waals surface area contributed by atoms with E-state index in [0.29, 0.717) is 12.6 Å². The van der Waals surface area contributed by atoms with Gasteiger partial charge in [-0.3, -0.25) is 15.0 Å². The Kier molecular flexibility index (Phi) is 5.60. The number of aliphatic carboxylic acids is 1. The van der Waals surface area contributed by atoms with Crippen molar-refractivity contribution in [2.45, 2.75) is 71.0 Å². The molecule has 2 unspecified atom stereocenters. The maximum absolute atomic E-state index is 11.5. The second kappa shape index (κ2) is 6.53. The van der Waals surface area contributed by atoms with Crippen LogP contribution in [0.15, 0.2) is 0 Å². The van der Waals surface area contributed by atoms with Crippen LogP contribution >= 0.6 is 0 Å². The Morgan fingerprint density at radius 1 is 1.50 bits per heavy atom. The highest BCUT2D eigenvalue weighted by Gasteiger charge is 2.37. The molecule has 0 aromatic rings. The van der Waals surface area contributed by atoms with Gasteiger partial charge in [0.05, 0.1) is 0 Å². The van der Waals surface area contributed by atoms with Crippen LogP contribution in [-0.2, 0) is 4.79 Å². The van der Waals surface area contributed by atoms with Crippen molar-refractivity contribution >= 4 is 5.97 Å². The monoisotopic (exact) mass is 256 g/mol. The average Bonchev–Trinajstić information content (AvgIpc) is 2.28. The predicted molar refractivity (Wildman–Crippen MR) is 73.8 cm³/mol. The minimum Gasteiger partial charge on any atom is -0.480 e. The van der Waals surface area contributed by atoms with E-state index in [4.69, 9.17) is 0 Å². The van der Waals surface area contributed by atoms with Gasteiger partial charge in [0.15, 0.2) is 0 Å². The standard InChI is InChI=1S/C14H28N2O2/c1-5-12-8-6-7-9-16(12)10-14(4,13(17)18)15-11(2)3/h11-12,15H,5-10H2,1-4H3,(H,17,18). The largest absolute Gasteiger partial charge is 0.480 e. The van der Waals surface area contributed by atoms with Crippen LogP contribution in [0, 0.1) is 0 Å². The van der Waals surface area contributed by atoms with Gasteiger partial charge in [0.1, 0.15) is 5.54 Å². The van der Waals surface area contributed by atoms with E-state index in [1.165, 1.54) is 19.3 Å². The van der Waals surface area contributed by atoms with Crippen molar-refractivity contribution in [1.82, 2.24) is 10.2 Å². The molecule has 18 heavy (non-hydrogen) atoms. The van der Waals surface area contributed by atoms with Crippen molar-refractivity contribution in [3.8, 4) is 0 Å². The number of carboxylic acid groups (broad SMARTS) is 1. The van der Waals surface area contributed by atoms with Gasteiger partial charge in [-0.15, -0.1) is 0 Å². The van der Waals surface area contributed by atoms with Crippen LogP contribution < -0.4 is 5.32 Å². The summed E-state index contributed by atoms with van der Waals surface area (Å²) in [5.74, 6) is -0.753. The fourth-order valence-corrected chi connectivity index (χ4v) is 2.95. The van der Waals surface area contributed by atoms with Crippen molar-refractivity contribution in [1.29, 1.82) is 0 Å². The molecule has 1 saturated heterocycles. The average molecular weight is 256 g/mol. The van der Waals surface area contributed by atoms with Crippen LogP contribution in [0.4, 0.5) is 0 Å². The Hall–Kier alpha value is -0.610. The molecule has 0 radical (unpaired) electrons. The molecule has 0 amide bonds. The minimum atomic E-state index is -0.848. The number of rotatable bonds is 6. The maximum atomic E-state index is 11.5. The minimum absolute atomic E-state index is 0.177. The molecule has 0 spiro atoms. The van der Waals surface area contributed by atoms with Gasteiger partial charge in [0.2, 0.25) is 0 Å². The molecule has 1 fully saturated rings. The Labute approximate surface area is 111 Å². The first-order valence-electron chi connectivity index (χ1n) is 7.14. The summed E-state index contributed by atoms with van der Waals surface area (Å²) in [6, 6.07) is 0.724. The molecule has 1 aliphatic heterocycles. The molecule has 106 valence electrons. The third kappa shape index (κ3) is 3.95. The van der Waals surface area contributed by atoms with Crippen molar-refractivity contribution in [3.63, 3.8) is 0 Å². The molecular formula is C14H28N2O2. The van der Waals surface area contributed by atoms with Crippen LogP contribution in [0.2, 0.25) is 0 Å². The molecule has 0 aromatic heterocycles. The van der Waals surface area contributed by atoms with Crippen molar-refractivity contribution < 1.29 is 9.90 Å². The van der Waals surface area contributed by atoms with Crippen molar-refractivity contribution in [2.24, 2.45) is 0 Å². The second-order valence-corrected chi connectivity index (χ2v) is 5.96. The number of carboxylic acids is 1. The van der Waals surface area contributed by atoms with Crippen molar-refractivity contribution in [3.05, 3.63) is 0 Å². The first-order chi connectivity index (χ1) is 8.39. The Bertz CT molecular complexity index is 281. The first kappa shape index (κ1) is 15.4. The van der Waals surface area contributed by atoms with Crippen LogP contribution in [0.3, 0.4) is 0 Å². The SMILES string of the molecule is CCC1CCCCN1CC(C)(NC(C)C)C(=O)O. The number of carbonyl (C=O) groups is 1. The molecular weight excluding hydrogens is 228 g/mol. The normalized spacial score (nSPS) is 25.1. The molecule has 0 saturated carbocycles. The van der Waals surface area contributed by atoms with Gasteiger partial charge in [-0.05, 0) is 46.6 Å². The van der Waals surface area contributed by atoms with Gasteiger partial charge < -0.3 is 5.11 Å². The highest BCUT2D eigenvalue weighted by Crippen LogP contribution is 2.22. The summed E-state index contributed by atoms with van der Waals surface area (Å²) in [4.78, 5) is 13.9. The fraction of sp³-hybridized carbons (Fsp3) is 0.929. The zero-order valence-electron chi connectivity index (χ0n) is 12.2. The highest BCUT2D eigenvalue weighted by atomic mass is 16.4. The number of hydrogen-bond donors (Lipinski definition) is 2. The lowest BCUT2D eigenvalue weighted by Gasteiger charge is -2.41. The smallest absolute Gasteiger partial charge is 0.324 e. The summed E-state index contributed by atoms with van der Waals surface area (Å²) >= 11 is 0. The number of piperidine rings is 1. The molecule has 1 heterocycles.